The first-order chi connectivity index (χ1) is 27.9. The molecule has 2 bridgehead atoms. The number of hydrogen-bond donors (Lipinski definition) is 3. The average Bonchev–Trinajstić information content (AvgIpc) is 3.21. The van der Waals surface area contributed by atoms with Crippen LogP contribution in [0.2, 0.25) is 0 Å². The number of nitrogens with two attached hydrogens (primary N) is 1. The van der Waals surface area contributed by atoms with Gasteiger partial charge in [-0.2, -0.15) is 0 Å². The molecule has 4 rings (SSSR count). The van der Waals surface area contributed by atoms with Gasteiger partial charge in [0.15, 0.2) is 0 Å². The number of ketones is 2. The number of hydrogen-bond acceptors (Lipinski definition) is 12. The fourth-order valence-corrected chi connectivity index (χ4v) is 9.62. The minimum absolute atomic E-state index is 0.0380. The number of cyclic esters (lactones) is 1. The highest BCUT2D eigenvalue weighted by atomic mass is 16.7. The van der Waals surface area contributed by atoms with E-state index in [1.54, 1.807) is 13.8 Å². The van der Waals surface area contributed by atoms with Crippen LogP contribution in [0.25, 0.3) is 0 Å². The number of carbonyl (C=O) groups excluding carboxylic acids is 4. The Balaban J connectivity index is 1.76. The summed E-state index contributed by atoms with van der Waals surface area (Å²) in [5.74, 6) is -6.60. The van der Waals surface area contributed by atoms with E-state index in [9.17, 15) is 29.4 Å². The van der Waals surface area contributed by atoms with Gasteiger partial charge in [0.25, 0.3) is 11.7 Å². The number of nitrogens with zero attached hydrogens (tertiary/aromatic N) is 1. The lowest BCUT2D eigenvalue weighted by atomic mass is 9.81. The highest BCUT2D eigenvalue weighted by molar-refractivity contribution is 6.39. The number of fused-ring (bicyclic) bond motifs is 3. The van der Waals surface area contributed by atoms with Crippen LogP contribution >= 0.6 is 0 Å². The molecular formula is C46H74N2O11. The second-order valence-electron chi connectivity index (χ2n) is 18.0. The first kappa shape index (κ1) is 48.7. The third kappa shape index (κ3) is 11.9. The van der Waals surface area contributed by atoms with E-state index in [0.717, 1.165) is 24.2 Å². The third-order valence-electron chi connectivity index (χ3n) is 13.4. The smallest absolute Gasteiger partial charge is 0.329 e. The Bertz CT molecular complexity index is 1560. The van der Waals surface area contributed by atoms with Gasteiger partial charge in [-0.3, -0.25) is 14.4 Å². The van der Waals surface area contributed by atoms with Crippen molar-refractivity contribution in [2.24, 2.45) is 35.3 Å². The van der Waals surface area contributed by atoms with Crippen LogP contribution in [0.3, 0.4) is 0 Å². The number of aliphatic hydroxyl groups is 2. The lowest BCUT2D eigenvalue weighted by molar-refractivity contribution is -0.302. The fourth-order valence-electron chi connectivity index (χ4n) is 9.62. The van der Waals surface area contributed by atoms with Gasteiger partial charge in [-0.15, -0.1) is 0 Å². The predicted molar refractivity (Wildman–Crippen MR) is 224 cm³/mol. The van der Waals surface area contributed by atoms with Crippen molar-refractivity contribution >= 4 is 23.4 Å². The van der Waals surface area contributed by atoms with Crippen molar-refractivity contribution in [2.45, 2.75) is 181 Å². The topological polar surface area (TPSA) is 184 Å². The zero-order chi connectivity index (χ0) is 43.8. The summed E-state index contributed by atoms with van der Waals surface area (Å²) in [6.45, 7) is 15.2. The molecule has 14 unspecified atom stereocenters. The van der Waals surface area contributed by atoms with Crippen LogP contribution < -0.4 is 5.73 Å². The molecule has 1 aliphatic carbocycles. The summed E-state index contributed by atoms with van der Waals surface area (Å²) < 4.78 is 30.5. The number of aliphatic hydroxyl groups excluding tert-OH is 1. The Morgan fingerprint density at radius 1 is 0.983 bits per heavy atom. The van der Waals surface area contributed by atoms with Crippen LogP contribution in [-0.2, 0) is 42.9 Å². The quantitative estimate of drug-likeness (QED) is 0.123. The molecule has 0 aromatic carbocycles. The van der Waals surface area contributed by atoms with Crippen LogP contribution in [0.4, 0.5) is 0 Å². The summed E-state index contributed by atoms with van der Waals surface area (Å²) in [5, 5.41) is 23.8. The summed E-state index contributed by atoms with van der Waals surface area (Å²) in [7, 11) is 3.08. The van der Waals surface area contributed by atoms with Crippen LogP contribution in [0, 0.1) is 29.6 Å². The van der Waals surface area contributed by atoms with E-state index in [2.05, 4.69) is 13.0 Å². The van der Waals surface area contributed by atoms with Crippen LogP contribution in [0.5, 0.6) is 0 Å². The Labute approximate surface area is 352 Å². The van der Waals surface area contributed by atoms with Crippen LogP contribution in [0.1, 0.15) is 126 Å². The molecular weight excluding hydrogens is 757 g/mol. The molecule has 0 radical (unpaired) electrons. The van der Waals surface area contributed by atoms with Crippen molar-refractivity contribution < 1.29 is 53.1 Å². The Morgan fingerprint density at radius 2 is 1.66 bits per heavy atom. The van der Waals surface area contributed by atoms with Crippen molar-refractivity contribution in [1.82, 2.24) is 4.90 Å². The van der Waals surface area contributed by atoms with Gasteiger partial charge in [0.2, 0.25) is 5.79 Å². The first-order valence-corrected chi connectivity index (χ1v) is 22.0. The van der Waals surface area contributed by atoms with Gasteiger partial charge in [0.05, 0.1) is 24.1 Å². The molecule has 4 N–H and O–H groups in total. The maximum atomic E-state index is 14.4. The molecule has 2 saturated heterocycles. The summed E-state index contributed by atoms with van der Waals surface area (Å²) in [5.41, 5.74) is 8.16. The molecule has 0 aromatic heterocycles. The van der Waals surface area contributed by atoms with Gasteiger partial charge in [-0.25, -0.2) is 4.79 Å². The maximum Gasteiger partial charge on any atom is 0.329 e. The van der Waals surface area contributed by atoms with Crippen molar-refractivity contribution in [3.05, 3.63) is 35.1 Å². The molecule has 13 nitrogen and oxygen atoms in total. The summed E-state index contributed by atoms with van der Waals surface area (Å²) in [6.07, 6.45) is 6.89. The number of ether oxygens (including phenoxy) is 5. The molecule has 3 heterocycles. The second-order valence-corrected chi connectivity index (χ2v) is 18.0. The number of allylic oxidation sites excluding steroid dienone is 5. The van der Waals surface area contributed by atoms with Gasteiger partial charge >= 0.3 is 5.97 Å². The van der Waals surface area contributed by atoms with Crippen molar-refractivity contribution in [2.75, 3.05) is 20.8 Å². The van der Waals surface area contributed by atoms with Crippen LogP contribution in [-0.4, -0.2) is 114 Å². The van der Waals surface area contributed by atoms with E-state index >= 15 is 0 Å². The number of esters is 1. The lowest BCUT2D eigenvalue weighted by Gasteiger charge is -2.47. The molecule has 3 aliphatic heterocycles. The van der Waals surface area contributed by atoms with Crippen molar-refractivity contribution in [1.29, 1.82) is 0 Å². The summed E-state index contributed by atoms with van der Waals surface area (Å²) in [4.78, 5) is 58.0. The number of methoxy groups -OCH3 is 2. The molecule has 1 saturated carbocycles. The normalized spacial score (nSPS) is 39.4. The zero-order valence-electron chi connectivity index (χ0n) is 37.3. The SMILES string of the molecule is CC=C(C)OC1CC(C=C(C)C2OC(=O)C3CCCCN3C(=O)C(=O)C3(O)OC(C(OC)CC(C)CC(C)=CC(CC)C(=O)CC(O)C2C)C(OC)CC3C)CCC1N. The largest absolute Gasteiger partial charge is 0.494 e. The third-order valence-corrected chi connectivity index (χ3v) is 13.4. The van der Waals surface area contributed by atoms with E-state index in [-0.39, 0.29) is 55.6 Å². The van der Waals surface area contributed by atoms with E-state index < -0.39 is 77.8 Å². The number of amides is 1. The monoisotopic (exact) mass is 831 g/mol. The van der Waals surface area contributed by atoms with E-state index in [4.69, 9.17) is 29.4 Å². The second kappa shape index (κ2) is 21.7. The van der Waals surface area contributed by atoms with Gasteiger partial charge in [-0.05, 0) is 115 Å². The summed E-state index contributed by atoms with van der Waals surface area (Å²) in [6, 6.07) is -1.26. The van der Waals surface area contributed by atoms with Gasteiger partial charge in [0.1, 0.15) is 30.1 Å². The molecule has 3 fully saturated rings. The molecule has 334 valence electrons. The van der Waals surface area contributed by atoms with Gasteiger partial charge < -0.3 is 44.5 Å². The maximum absolute atomic E-state index is 14.4. The Kier molecular flexibility index (Phi) is 17.9. The number of carbonyl (C=O) groups is 4. The Morgan fingerprint density at radius 3 is 2.31 bits per heavy atom. The van der Waals surface area contributed by atoms with Gasteiger partial charge in [0, 0.05) is 51.0 Å². The zero-order valence-corrected chi connectivity index (χ0v) is 37.3. The number of Topliss-reactive ketones (excluding diaryl/α,β-unsaturated/α-hetero) is 2. The minimum Gasteiger partial charge on any atom is -0.494 e. The predicted octanol–water partition coefficient (Wildman–Crippen LogP) is 5.73. The minimum atomic E-state index is -2.50. The molecule has 1 amide bonds. The van der Waals surface area contributed by atoms with Gasteiger partial charge in [-0.1, -0.05) is 45.4 Å². The highest BCUT2D eigenvalue weighted by Gasteiger charge is 2.56. The first-order valence-electron chi connectivity index (χ1n) is 22.0. The molecule has 59 heavy (non-hydrogen) atoms. The highest BCUT2D eigenvalue weighted by Crippen LogP contribution is 2.39. The van der Waals surface area contributed by atoms with Crippen LogP contribution in [0.15, 0.2) is 35.1 Å². The summed E-state index contributed by atoms with van der Waals surface area (Å²) >= 11 is 0. The standard InChI is InChI=1S/C46H74N2O11/c1-11-30(7)57-38-24-32(16-17-34(38)47)22-28(5)41-31(8)36(49)25-37(50)33(12-2)20-26(3)19-27(4)21-39(55-9)42-40(56-10)23-29(6)46(54,59-42)43(51)44(52)48-18-14-13-15-35(48)45(53)58-41/h11,20,22,27,29,31-36,38-42,49,54H,12-19,21,23-25,47H2,1-10H3. The van der Waals surface area contributed by atoms with E-state index in [1.165, 1.54) is 19.1 Å². The number of rotatable bonds is 7. The average molecular weight is 831 g/mol. The molecule has 0 aromatic rings. The lowest BCUT2D eigenvalue weighted by Crippen LogP contribution is -2.64. The van der Waals surface area contributed by atoms with E-state index in [0.29, 0.717) is 44.1 Å². The molecule has 0 spiro atoms. The molecule has 14 atom stereocenters. The van der Waals surface area contributed by atoms with Crippen molar-refractivity contribution in [3.63, 3.8) is 0 Å². The Hall–Kier alpha value is -2.94. The van der Waals surface area contributed by atoms with E-state index in [1.807, 2.05) is 46.8 Å². The number of piperidine rings is 1. The molecule has 13 heteroatoms. The van der Waals surface area contributed by atoms with Crippen molar-refractivity contribution in [3.8, 4) is 0 Å². The fraction of sp³-hybridized carbons (Fsp3) is 0.783. The molecule has 4 aliphatic rings.